The van der Waals surface area contributed by atoms with Gasteiger partial charge in [-0.25, -0.2) is 4.79 Å². The standard InChI is InChI=1S/C17H15N3O2/c21-17(22)10-1-2-12-11(7-10)8-14(16-4-6-19-20-16)13-3-5-18-9-15(12)13/h1-3,5,7-9,16,19-20H,4,6H2,(H,21,22). The average Bonchev–Trinajstić information content (AvgIpc) is 3.07. The number of rotatable bonds is 2. The fourth-order valence-corrected chi connectivity index (χ4v) is 3.17. The third-order valence-electron chi connectivity index (χ3n) is 4.24. The van der Waals surface area contributed by atoms with Crippen molar-refractivity contribution >= 4 is 27.5 Å². The summed E-state index contributed by atoms with van der Waals surface area (Å²) in [5.41, 5.74) is 7.92. The summed E-state index contributed by atoms with van der Waals surface area (Å²) in [6.07, 6.45) is 4.65. The molecular formula is C17H15N3O2. The van der Waals surface area contributed by atoms with Gasteiger partial charge in [-0.15, -0.1) is 0 Å². The number of nitrogens with one attached hydrogen (secondary N) is 2. The zero-order chi connectivity index (χ0) is 15.1. The van der Waals surface area contributed by atoms with Crippen LogP contribution in [0.5, 0.6) is 0 Å². The largest absolute Gasteiger partial charge is 0.478 e. The smallest absolute Gasteiger partial charge is 0.335 e. The number of hydrogen-bond donors (Lipinski definition) is 3. The number of benzene rings is 2. The third kappa shape index (κ3) is 2.03. The van der Waals surface area contributed by atoms with Crippen molar-refractivity contribution in [3.05, 3.63) is 53.9 Å². The van der Waals surface area contributed by atoms with Gasteiger partial charge in [0, 0.05) is 30.4 Å². The van der Waals surface area contributed by atoms with Crippen LogP contribution in [0, 0.1) is 0 Å². The lowest BCUT2D eigenvalue weighted by Crippen LogP contribution is -2.24. The minimum Gasteiger partial charge on any atom is -0.478 e. The number of nitrogens with zero attached hydrogens (tertiary/aromatic N) is 1. The van der Waals surface area contributed by atoms with Gasteiger partial charge in [-0.3, -0.25) is 15.8 Å². The summed E-state index contributed by atoms with van der Waals surface area (Å²) in [5, 5.41) is 13.4. The van der Waals surface area contributed by atoms with Gasteiger partial charge in [0.25, 0.3) is 0 Å². The predicted molar refractivity (Wildman–Crippen MR) is 84.7 cm³/mol. The number of pyridine rings is 1. The Kier molecular flexibility index (Phi) is 3.03. The molecule has 0 radical (unpaired) electrons. The second kappa shape index (κ2) is 5.05. The Balaban J connectivity index is 2.05. The minimum absolute atomic E-state index is 0.225. The van der Waals surface area contributed by atoms with Gasteiger partial charge in [-0.1, -0.05) is 6.07 Å². The van der Waals surface area contributed by atoms with E-state index in [-0.39, 0.29) is 6.04 Å². The molecule has 0 amide bonds. The molecule has 22 heavy (non-hydrogen) atoms. The van der Waals surface area contributed by atoms with Gasteiger partial charge in [0.2, 0.25) is 0 Å². The number of fused-ring (bicyclic) bond motifs is 3. The second-order valence-corrected chi connectivity index (χ2v) is 5.54. The van der Waals surface area contributed by atoms with Crippen molar-refractivity contribution in [2.45, 2.75) is 12.5 Å². The first kappa shape index (κ1) is 13.2. The normalized spacial score (nSPS) is 18.1. The number of aromatic carboxylic acids is 1. The van der Waals surface area contributed by atoms with E-state index in [9.17, 15) is 9.90 Å². The maximum atomic E-state index is 11.2. The van der Waals surface area contributed by atoms with Gasteiger partial charge in [0.05, 0.1) is 5.56 Å². The molecule has 1 fully saturated rings. The van der Waals surface area contributed by atoms with Crippen LogP contribution >= 0.6 is 0 Å². The molecule has 0 bridgehead atoms. The summed E-state index contributed by atoms with van der Waals surface area (Å²) in [7, 11) is 0. The van der Waals surface area contributed by atoms with Crippen molar-refractivity contribution in [2.24, 2.45) is 0 Å². The van der Waals surface area contributed by atoms with E-state index in [2.05, 4.69) is 21.9 Å². The number of carboxylic acid groups (broad SMARTS) is 1. The maximum Gasteiger partial charge on any atom is 0.335 e. The quantitative estimate of drug-likeness (QED) is 0.633. The van der Waals surface area contributed by atoms with Crippen molar-refractivity contribution < 1.29 is 9.90 Å². The van der Waals surface area contributed by atoms with Gasteiger partial charge in [0.1, 0.15) is 0 Å². The molecule has 3 N–H and O–H groups in total. The molecule has 1 atom stereocenters. The molecule has 110 valence electrons. The van der Waals surface area contributed by atoms with Crippen LogP contribution in [-0.2, 0) is 0 Å². The summed E-state index contributed by atoms with van der Waals surface area (Å²) < 4.78 is 0. The van der Waals surface area contributed by atoms with Gasteiger partial charge in [0.15, 0.2) is 0 Å². The fraction of sp³-hybridized carbons (Fsp3) is 0.176. The third-order valence-corrected chi connectivity index (χ3v) is 4.24. The number of carboxylic acids is 1. The van der Waals surface area contributed by atoms with E-state index in [0.717, 1.165) is 34.5 Å². The Morgan fingerprint density at radius 1 is 1.18 bits per heavy atom. The molecule has 1 unspecified atom stereocenters. The number of aromatic nitrogens is 1. The first-order chi connectivity index (χ1) is 10.7. The topological polar surface area (TPSA) is 74.2 Å². The SMILES string of the molecule is O=C(O)c1ccc2c(c1)cc(C1CCNN1)c1ccncc12. The molecule has 1 saturated heterocycles. The molecule has 3 aromatic rings. The summed E-state index contributed by atoms with van der Waals surface area (Å²) in [4.78, 5) is 15.5. The van der Waals surface area contributed by atoms with E-state index in [4.69, 9.17) is 0 Å². The molecule has 4 rings (SSSR count). The molecule has 0 saturated carbocycles. The van der Waals surface area contributed by atoms with Crippen molar-refractivity contribution in [3.63, 3.8) is 0 Å². The van der Waals surface area contributed by atoms with Crippen molar-refractivity contribution in [3.8, 4) is 0 Å². The van der Waals surface area contributed by atoms with E-state index >= 15 is 0 Å². The van der Waals surface area contributed by atoms with Crippen molar-refractivity contribution in [1.29, 1.82) is 0 Å². The summed E-state index contributed by atoms with van der Waals surface area (Å²) >= 11 is 0. The summed E-state index contributed by atoms with van der Waals surface area (Å²) in [6, 6.07) is 9.58. The van der Waals surface area contributed by atoms with Crippen molar-refractivity contribution in [1.82, 2.24) is 15.8 Å². The first-order valence-electron chi connectivity index (χ1n) is 7.26. The molecule has 5 heteroatoms. The van der Waals surface area contributed by atoms with Crippen LogP contribution < -0.4 is 10.9 Å². The number of hydrogen-bond acceptors (Lipinski definition) is 4. The van der Waals surface area contributed by atoms with Crippen LogP contribution in [-0.4, -0.2) is 22.6 Å². The summed E-state index contributed by atoms with van der Waals surface area (Å²) in [5.74, 6) is -0.907. The maximum absolute atomic E-state index is 11.2. The molecule has 0 spiro atoms. The minimum atomic E-state index is -0.907. The van der Waals surface area contributed by atoms with Crippen LogP contribution in [0.3, 0.4) is 0 Å². The highest BCUT2D eigenvalue weighted by Crippen LogP contribution is 2.33. The van der Waals surface area contributed by atoms with Crippen molar-refractivity contribution in [2.75, 3.05) is 6.54 Å². The molecule has 1 aliphatic rings. The highest BCUT2D eigenvalue weighted by atomic mass is 16.4. The Bertz CT molecular complexity index is 886. The molecule has 2 aromatic carbocycles. The summed E-state index contributed by atoms with van der Waals surface area (Å²) in [6.45, 7) is 0.921. The predicted octanol–water partition coefficient (Wildman–Crippen LogP) is 2.63. The van der Waals surface area contributed by atoms with E-state index in [1.54, 1.807) is 18.3 Å². The van der Waals surface area contributed by atoms with Crippen LogP contribution in [0.15, 0.2) is 42.7 Å². The van der Waals surface area contributed by atoms with E-state index < -0.39 is 5.97 Å². The first-order valence-corrected chi connectivity index (χ1v) is 7.26. The average molecular weight is 293 g/mol. The van der Waals surface area contributed by atoms with Gasteiger partial charge in [-0.05, 0) is 52.4 Å². The molecular weight excluding hydrogens is 278 g/mol. The van der Waals surface area contributed by atoms with Crippen LogP contribution in [0.4, 0.5) is 0 Å². The lowest BCUT2D eigenvalue weighted by Gasteiger charge is -2.15. The van der Waals surface area contributed by atoms with Gasteiger partial charge >= 0.3 is 5.97 Å². The molecule has 5 nitrogen and oxygen atoms in total. The van der Waals surface area contributed by atoms with Crippen LogP contribution in [0.2, 0.25) is 0 Å². The molecule has 0 aliphatic carbocycles. The molecule has 1 aromatic heterocycles. The Morgan fingerprint density at radius 3 is 2.86 bits per heavy atom. The lowest BCUT2D eigenvalue weighted by atomic mass is 9.93. The molecule has 2 heterocycles. The van der Waals surface area contributed by atoms with E-state index in [0.29, 0.717) is 5.56 Å². The number of hydrazine groups is 1. The van der Waals surface area contributed by atoms with Crippen LogP contribution in [0.25, 0.3) is 21.5 Å². The zero-order valence-corrected chi connectivity index (χ0v) is 11.8. The number of carbonyl (C=O) groups is 1. The Hall–Kier alpha value is -2.50. The van der Waals surface area contributed by atoms with E-state index in [1.165, 1.54) is 5.56 Å². The second-order valence-electron chi connectivity index (χ2n) is 5.54. The van der Waals surface area contributed by atoms with E-state index in [1.807, 2.05) is 18.3 Å². The molecule has 1 aliphatic heterocycles. The fourth-order valence-electron chi connectivity index (χ4n) is 3.17. The lowest BCUT2D eigenvalue weighted by molar-refractivity contribution is 0.0697. The zero-order valence-electron chi connectivity index (χ0n) is 11.8. The van der Waals surface area contributed by atoms with Gasteiger partial charge in [-0.2, -0.15) is 0 Å². The van der Waals surface area contributed by atoms with Gasteiger partial charge < -0.3 is 5.11 Å². The Morgan fingerprint density at radius 2 is 2.09 bits per heavy atom. The highest BCUT2D eigenvalue weighted by Gasteiger charge is 2.20. The van der Waals surface area contributed by atoms with Crippen LogP contribution in [0.1, 0.15) is 28.4 Å². The monoisotopic (exact) mass is 293 g/mol. The Labute approximate surface area is 126 Å². The highest BCUT2D eigenvalue weighted by molar-refractivity contribution is 6.10.